The van der Waals surface area contributed by atoms with Crippen LogP contribution in [0.2, 0.25) is 0 Å². The number of rotatable bonds is 8. The summed E-state index contributed by atoms with van der Waals surface area (Å²) < 4.78 is 144. The van der Waals surface area contributed by atoms with E-state index in [0.29, 0.717) is 89.0 Å². The van der Waals surface area contributed by atoms with Gasteiger partial charge in [0.1, 0.15) is 69.0 Å². The highest BCUT2D eigenvalue weighted by Crippen LogP contribution is 2.66. The molecule has 0 fully saturated rings. The Labute approximate surface area is 513 Å². The van der Waals surface area contributed by atoms with Crippen molar-refractivity contribution < 1.29 is 72.5 Å². The van der Waals surface area contributed by atoms with E-state index < -0.39 is 55.0 Å². The molecule has 8 bridgehead atoms. The summed E-state index contributed by atoms with van der Waals surface area (Å²) in [5.41, 5.74) is 13.3. The maximum absolute atomic E-state index is 16.1. The van der Waals surface area contributed by atoms with Crippen molar-refractivity contribution in [2.45, 2.75) is 134 Å². The van der Waals surface area contributed by atoms with E-state index in [-0.39, 0.29) is 69.0 Å². The van der Waals surface area contributed by atoms with Crippen LogP contribution in [0.5, 0.6) is 69.0 Å². The minimum atomic E-state index is -4.91. The lowest BCUT2D eigenvalue weighted by Crippen LogP contribution is -2.20. The van der Waals surface area contributed by atoms with E-state index in [1.807, 2.05) is 184 Å². The van der Waals surface area contributed by atoms with Crippen LogP contribution in [-0.2, 0) is 18.3 Å². The second-order valence-electron chi connectivity index (χ2n) is 24.4. The Morgan fingerprint density at radius 2 is 0.375 bits per heavy atom. The summed E-state index contributed by atoms with van der Waals surface area (Å²) in [5, 5.41) is 0. The van der Waals surface area contributed by atoms with Gasteiger partial charge in [0.2, 0.25) is 0 Å². The normalized spacial score (nSPS) is 24.1. The molecule has 4 aliphatic heterocycles. The Morgan fingerprint density at radius 1 is 0.239 bits per heavy atom. The van der Waals surface area contributed by atoms with Crippen LogP contribution in [0, 0.1) is 83.1 Å². The maximum atomic E-state index is 16.1. The number of hydrogen-bond donors (Lipinski definition) is 0. The van der Waals surface area contributed by atoms with Crippen LogP contribution >= 0.6 is 31.3 Å². The van der Waals surface area contributed by atoms with Crippen LogP contribution in [-0.4, -0.2) is 0 Å². The van der Waals surface area contributed by atoms with Gasteiger partial charge in [-0.2, -0.15) is 18.3 Å². The smallest absolute Gasteiger partial charge is 0.385 e. The fraction of sp³-hybridized carbons (Fsp3) is 0.294. The van der Waals surface area contributed by atoms with Crippen LogP contribution in [0.3, 0.4) is 0 Å². The first-order valence-electron chi connectivity index (χ1n) is 29.2. The molecular weight excluding hydrogens is 1200 g/mol. The SMILES string of the molecule is Cc1cc(C)c(OP2(=O)Oc3cc4c5cc3C(C)c3cc6c(cc3O2)OP(=O)(Oc2c(C)cc(C)cc2C)Oc2cc3c(cc2C6C)C(C)c2cc(c(cc2OP(=O)(Oc2c(C)cc(C)cc2C)O3)OP(=O)(Oc2c(C)cc(C)cc2C)O4)C5C)c(C)c1. The van der Waals surface area contributed by atoms with Crippen LogP contribution in [0.25, 0.3) is 0 Å². The lowest BCUT2D eigenvalue weighted by atomic mass is 9.81. The molecule has 0 unspecified atom stereocenters. The highest BCUT2D eigenvalue weighted by atomic mass is 31.2. The molecule has 0 spiro atoms. The fourth-order valence-corrected chi connectivity index (χ4v) is 19.0. The second kappa shape index (κ2) is 20.9. The number of benzene rings is 8. The quantitative estimate of drug-likeness (QED) is 0.131. The molecule has 4 heterocycles. The van der Waals surface area contributed by atoms with E-state index >= 15 is 18.3 Å². The second-order valence-corrected chi connectivity index (χ2v) is 30.2. The molecule has 5 aliphatic rings. The lowest BCUT2D eigenvalue weighted by Gasteiger charge is -2.35. The maximum Gasteiger partial charge on any atom is 0.647 e. The molecule has 0 N–H and O–H groups in total. The van der Waals surface area contributed by atoms with Gasteiger partial charge in [0.05, 0.1) is 0 Å². The predicted octanol–water partition coefficient (Wildman–Crippen LogP) is 20.1. The fourth-order valence-electron chi connectivity index (χ4n) is 13.3. The average molecular weight is 1270 g/mol. The summed E-state index contributed by atoms with van der Waals surface area (Å²) in [6, 6.07) is 28.8. The van der Waals surface area contributed by atoms with E-state index in [4.69, 9.17) is 54.3 Å². The van der Waals surface area contributed by atoms with E-state index in [1.54, 1.807) is 0 Å². The Hall–Kier alpha value is -7.72. The van der Waals surface area contributed by atoms with Crippen molar-refractivity contribution in [1.82, 2.24) is 0 Å². The first kappa shape index (κ1) is 59.3. The van der Waals surface area contributed by atoms with Crippen molar-refractivity contribution >= 4 is 31.3 Å². The van der Waals surface area contributed by atoms with Gasteiger partial charge in [0.25, 0.3) is 0 Å². The number of hydrogen-bond acceptors (Lipinski definition) is 16. The third-order valence-corrected chi connectivity index (χ3v) is 22.2. The van der Waals surface area contributed by atoms with Gasteiger partial charge in [0.15, 0.2) is 0 Å². The van der Waals surface area contributed by atoms with Crippen LogP contribution in [0.15, 0.2) is 97.1 Å². The standard InChI is InChI=1S/C68H68O16P4/c1-33-17-37(5)65(38(6)18-33)81-85(69)73-57-29-59-51-25-49(57)45(13)50-26-52-47(15)54-28-56-48(16)55-27-53(46(51)14)61(77-86(70,75-59)82-66-39(7)19-34(2)20-40(66)8)31-63(55)79-88(72,84-68-43(11)23-36(4)24-44(68)12)80-64(56)32-62(54)78-87(71,76-60(52)30-58(50)74-85)83-67-41(9)21-35(3)22-42(67)10/h17-32,45-48H,1-16H3. The molecule has 13 rings (SSSR count). The van der Waals surface area contributed by atoms with Gasteiger partial charge in [-0.25, -0.2) is 0 Å². The third-order valence-electron chi connectivity index (χ3n) is 17.2. The van der Waals surface area contributed by atoms with Gasteiger partial charge in [-0.1, -0.05) is 98.5 Å². The molecule has 8 aromatic carbocycles. The van der Waals surface area contributed by atoms with Gasteiger partial charge in [0, 0.05) is 92.4 Å². The summed E-state index contributed by atoms with van der Waals surface area (Å²) in [7, 11) is -19.7. The molecule has 0 radical (unpaired) electrons. The number of phosphoric ester groups is 4. The highest BCUT2D eigenvalue weighted by molar-refractivity contribution is 7.50. The van der Waals surface area contributed by atoms with Crippen LogP contribution in [0.4, 0.5) is 0 Å². The lowest BCUT2D eigenvalue weighted by molar-refractivity contribution is 0.284. The molecule has 1 aliphatic carbocycles. The molecule has 20 heteroatoms. The zero-order chi connectivity index (χ0) is 62.6. The summed E-state index contributed by atoms with van der Waals surface area (Å²) in [5.74, 6) is -1.37. The summed E-state index contributed by atoms with van der Waals surface area (Å²) in [6.45, 7) is 30.3. The molecule has 0 saturated carbocycles. The van der Waals surface area contributed by atoms with Gasteiger partial charge in [-0.05, 0) is 152 Å². The number of phosphoric acid groups is 4. The molecule has 16 nitrogen and oxygen atoms in total. The first-order valence-corrected chi connectivity index (χ1v) is 35.1. The van der Waals surface area contributed by atoms with Crippen molar-refractivity contribution in [3.05, 3.63) is 208 Å². The Morgan fingerprint density at radius 3 is 0.511 bits per heavy atom. The molecule has 8 aromatic rings. The largest absolute Gasteiger partial charge is 0.647 e. The highest BCUT2D eigenvalue weighted by Gasteiger charge is 2.48. The van der Waals surface area contributed by atoms with Crippen LogP contribution in [0.1, 0.15) is 163 Å². The molecule has 456 valence electrons. The zero-order valence-electron chi connectivity index (χ0n) is 51.9. The molecule has 0 saturated heterocycles. The monoisotopic (exact) mass is 1260 g/mol. The summed E-state index contributed by atoms with van der Waals surface area (Å²) >= 11 is 0. The molecule has 0 amide bonds. The number of aryl methyl sites for hydroxylation is 12. The van der Waals surface area contributed by atoms with Crippen molar-refractivity contribution in [2.24, 2.45) is 0 Å². The van der Waals surface area contributed by atoms with E-state index in [1.165, 1.54) is 24.3 Å². The minimum Gasteiger partial charge on any atom is -0.385 e. The predicted molar refractivity (Wildman–Crippen MR) is 336 cm³/mol. The van der Waals surface area contributed by atoms with Crippen molar-refractivity contribution in [2.75, 3.05) is 0 Å². The molecule has 88 heavy (non-hydrogen) atoms. The van der Waals surface area contributed by atoms with Gasteiger partial charge in [-0.15, -0.1) is 0 Å². The molecule has 0 aromatic heterocycles. The van der Waals surface area contributed by atoms with E-state index in [2.05, 4.69) is 0 Å². The molecule has 0 atom stereocenters. The zero-order valence-corrected chi connectivity index (χ0v) is 55.4. The minimum absolute atomic E-state index is 0.0229. The Balaban J connectivity index is 1.13. The van der Waals surface area contributed by atoms with Gasteiger partial charge < -0.3 is 54.3 Å². The average Bonchev–Trinajstić information content (AvgIpc) is 0.782. The molecular formula is C68H68O16P4. The topological polar surface area (TPSA) is 179 Å². The Kier molecular flexibility index (Phi) is 14.1. The van der Waals surface area contributed by atoms with Crippen molar-refractivity contribution in [1.29, 1.82) is 0 Å². The van der Waals surface area contributed by atoms with Gasteiger partial charge >= 0.3 is 31.3 Å². The van der Waals surface area contributed by atoms with E-state index in [0.717, 1.165) is 22.3 Å². The Bertz CT molecular complexity index is 3770. The van der Waals surface area contributed by atoms with Crippen molar-refractivity contribution in [3.8, 4) is 69.0 Å². The van der Waals surface area contributed by atoms with Crippen LogP contribution < -0.4 is 54.3 Å². The van der Waals surface area contributed by atoms with Crippen molar-refractivity contribution in [3.63, 3.8) is 0 Å². The summed E-state index contributed by atoms with van der Waals surface area (Å²) in [6.07, 6.45) is 0. The first-order chi connectivity index (χ1) is 41.4. The van der Waals surface area contributed by atoms with E-state index in [9.17, 15) is 0 Å². The third kappa shape index (κ3) is 10.4. The summed E-state index contributed by atoms with van der Waals surface area (Å²) in [4.78, 5) is 0. The van der Waals surface area contributed by atoms with Gasteiger partial charge in [-0.3, -0.25) is 0 Å².